The molecule has 4 nitrogen and oxygen atoms in total. The largest absolute Gasteiger partial charge is 0.350 e. The van der Waals surface area contributed by atoms with E-state index in [9.17, 15) is 4.79 Å². The average molecular weight is 292 g/mol. The van der Waals surface area contributed by atoms with E-state index in [2.05, 4.69) is 15.6 Å². The van der Waals surface area contributed by atoms with Crippen LogP contribution in [0, 0.1) is 6.92 Å². The molecule has 1 aromatic heterocycles. The first-order valence-corrected chi connectivity index (χ1v) is 7.32. The maximum absolute atomic E-state index is 12.4. The van der Waals surface area contributed by atoms with Crippen LogP contribution in [0.2, 0.25) is 5.02 Å². The van der Waals surface area contributed by atoms with Gasteiger partial charge >= 0.3 is 0 Å². The number of rotatable bonds is 2. The van der Waals surface area contributed by atoms with Gasteiger partial charge in [-0.2, -0.15) is 0 Å². The van der Waals surface area contributed by atoms with Gasteiger partial charge < -0.3 is 15.6 Å². The van der Waals surface area contributed by atoms with Gasteiger partial charge in [-0.15, -0.1) is 0 Å². The van der Waals surface area contributed by atoms with Crippen molar-refractivity contribution in [1.29, 1.82) is 0 Å². The highest BCUT2D eigenvalue weighted by Crippen LogP contribution is 2.25. The Morgan fingerprint density at radius 2 is 2.30 bits per heavy atom. The Labute approximate surface area is 122 Å². The summed E-state index contributed by atoms with van der Waals surface area (Å²) in [6, 6.07) is 5.84. The molecule has 0 aliphatic carbocycles. The van der Waals surface area contributed by atoms with Crippen LogP contribution in [-0.2, 0) is 0 Å². The van der Waals surface area contributed by atoms with Crippen LogP contribution in [0.1, 0.15) is 28.9 Å². The quantitative estimate of drug-likeness (QED) is 0.797. The summed E-state index contributed by atoms with van der Waals surface area (Å²) < 4.78 is 0. The van der Waals surface area contributed by atoms with Gasteiger partial charge in [-0.3, -0.25) is 4.79 Å². The van der Waals surface area contributed by atoms with Crippen molar-refractivity contribution in [2.45, 2.75) is 25.8 Å². The molecule has 2 heterocycles. The molecule has 5 heteroatoms. The number of carbonyl (C=O) groups excluding carboxylic acids is 1. The number of aryl methyl sites for hydroxylation is 1. The summed E-state index contributed by atoms with van der Waals surface area (Å²) in [4.78, 5) is 15.6. The number of hydrogen-bond donors (Lipinski definition) is 3. The molecule has 0 radical (unpaired) electrons. The molecular weight excluding hydrogens is 274 g/mol. The molecule has 106 valence electrons. The van der Waals surface area contributed by atoms with Crippen LogP contribution >= 0.6 is 11.6 Å². The van der Waals surface area contributed by atoms with E-state index in [4.69, 9.17) is 11.6 Å². The van der Waals surface area contributed by atoms with E-state index < -0.39 is 0 Å². The second-order valence-electron chi connectivity index (χ2n) is 5.33. The number of aromatic amines is 1. The van der Waals surface area contributed by atoms with E-state index in [0.717, 1.165) is 42.4 Å². The molecule has 0 spiro atoms. The zero-order valence-corrected chi connectivity index (χ0v) is 12.2. The number of piperidine rings is 1. The van der Waals surface area contributed by atoms with Crippen molar-refractivity contribution in [2.24, 2.45) is 0 Å². The van der Waals surface area contributed by atoms with E-state index in [1.165, 1.54) is 0 Å². The molecule has 1 aliphatic heterocycles. The molecule has 1 amide bonds. The van der Waals surface area contributed by atoms with Gasteiger partial charge in [0.1, 0.15) is 5.69 Å². The molecule has 0 bridgehead atoms. The standard InChI is InChI=1S/C15H18ClN3O/c1-9-12-7-10(16)4-5-13(12)19-14(9)15(20)18-11-3-2-6-17-8-11/h4-5,7,11,17,19H,2-3,6,8H2,1H3,(H,18,20)/t11-/m1/s1. The lowest BCUT2D eigenvalue weighted by Gasteiger charge is -2.23. The van der Waals surface area contributed by atoms with E-state index in [-0.39, 0.29) is 11.9 Å². The first kappa shape index (κ1) is 13.5. The van der Waals surface area contributed by atoms with Gasteiger partial charge in [-0.05, 0) is 50.1 Å². The smallest absolute Gasteiger partial charge is 0.268 e. The van der Waals surface area contributed by atoms with E-state index in [1.807, 2.05) is 25.1 Å². The number of halogens is 1. The minimum atomic E-state index is -0.0384. The number of amides is 1. The van der Waals surface area contributed by atoms with Crippen molar-refractivity contribution >= 4 is 28.4 Å². The Morgan fingerprint density at radius 3 is 3.05 bits per heavy atom. The van der Waals surface area contributed by atoms with Gasteiger partial charge in [0.2, 0.25) is 0 Å². The van der Waals surface area contributed by atoms with Gasteiger partial charge in [-0.25, -0.2) is 0 Å². The Kier molecular flexibility index (Phi) is 3.68. The third kappa shape index (κ3) is 2.53. The molecular formula is C15H18ClN3O. The van der Waals surface area contributed by atoms with Crippen LogP contribution in [-0.4, -0.2) is 30.0 Å². The molecule has 2 aromatic rings. The van der Waals surface area contributed by atoms with Crippen LogP contribution in [0.5, 0.6) is 0 Å². The van der Waals surface area contributed by atoms with Crippen molar-refractivity contribution < 1.29 is 4.79 Å². The zero-order valence-electron chi connectivity index (χ0n) is 11.4. The Hall–Kier alpha value is -1.52. The maximum atomic E-state index is 12.4. The predicted molar refractivity (Wildman–Crippen MR) is 81.4 cm³/mol. The van der Waals surface area contributed by atoms with Crippen LogP contribution in [0.4, 0.5) is 0 Å². The summed E-state index contributed by atoms with van der Waals surface area (Å²) in [5.74, 6) is -0.0384. The van der Waals surface area contributed by atoms with Crippen molar-refractivity contribution in [3.8, 4) is 0 Å². The summed E-state index contributed by atoms with van der Waals surface area (Å²) in [6.45, 7) is 3.83. The fraction of sp³-hybridized carbons (Fsp3) is 0.400. The lowest BCUT2D eigenvalue weighted by Crippen LogP contribution is -2.45. The maximum Gasteiger partial charge on any atom is 0.268 e. The first-order valence-electron chi connectivity index (χ1n) is 6.94. The average Bonchev–Trinajstić information content (AvgIpc) is 2.77. The normalized spacial score (nSPS) is 19.2. The molecule has 1 saturated heterocycles. The molecule has 0 unspecified atom stereocenters. The van der Waals surface area contributed by atoms with Crippen molar-refractivity contribution in [1.82, 2.24) is 15.6 Å². The highest BCUT2D eigenvalue weighted by molar-refractivity contribution is 6.31. The lowest BCUT2D eigenvalue weighted by molar-refractivity contribution is 0.0926. The molecule has 1 aliphatic rings. The lowest BCUT2D eigenvalue weighted by atomic mass is 10.1. The molecule has 0 saturated carbocycles. The number of carbonyl (C=O) groups is 1. The van der Waals surface area contributed by atoms with Gasteiger partial charge in [0, 0.05) is 28.5 Å². The topological polar surface area (TPSA) is 56.9 Å². The third-order valence-electron chi connectivity index (χ3n) is 3.88. The van der Waals surface area contributed by atoms with Crippen LogP contribution in [0.25, 0.3) is 10.9 Å². The summed E-state index contributed by atoms with van der Waals surface area (Å²) in [5.41, 5.74) is 2.52. The highest BCUT2D eigenvalue weighted by atomic mass is 35.5. The fourth-order valence-electron chi connectivity index (χ4n) is 2.76. The van der Waals surface area contributed by atoms with Crippen molar-refractivity contribution in [2.75, 3.05) is 13.1 Å². The molecule has 20 heavy (non-hydrogen) atoms. The monoisotopic (exact) mass is 291 g/mol. The van der Waals surface area contributed by atoms with Gasteiger partial charge in [0.05, 0.1) is 0 Å². The van der Waals surface area contributed by atoms with E-state index in [0.29, 0.717) is 10.7 Å². The zero-order chi connectivity index (χ0) is 14.1. The minimum Gasteiger partial charge on any atom is -0.350 e. The number of H-pyrrole nitrogens is 1. The number of benzene rings is 1. The molecule has 1 atom stereocenters. The summed E-state index contributed by atoms with van der Waals surface area (Å²) in [7, 11) is 0. The van der Waals surface area contributed by atoms with E-state index >= 15 is 0 Å². The number of fused-ring (bicyclic) bond motifs is 1. The second kappa shape index (κ2) is 5.46. The number of hydrogen-bond acceptors (Lipinski definition) is 2. The summed E-state index contributed by atoms with van der Waals surface area (Å²) >= 11 is 6.01. The third-order valence-corrected chi connectivity index (χ3v) is 4.11. The first-order chi connectivity index (χ1) is 9.65. The SMILES string of the molecule is Cc1c(C(=O)N[C@@H]2CCCNC2)[nH]c2ccc(Cl)cc12. The van der Waals surface area contributed by atoms with E-state index in [1.54, 1.807) is 0 Å². The molecule has 3 rings (SSSR count). The van der Waals surface area contributed by atoms with Crippen molar-refractivity contribution in [3.63, 3.8) is 0 Å². The summed E-state index contributed by atoms with van der Waals surface area (Å²) in [6.07, 6.45) is 2.14. The summed E-state index contributed by atoms with van der Waals surface area (Å²) in [5, 5.41) is 8.07. The minimum absolute atomic E-state index is 0.0384. The van der Waals surface area contributed by atoms with Gasteiger partial charge in [0.15, 0.2) is 0 Å². The Bertz CT molecular complexity index is 644. The molecule has 3 N–H and O–H groups in total. The predicted octanol–water partition coefficient (Wildman–Crippen LogP) is 2.61. The highest BCUT2D eigenvalue weighted by Gasteiger charge is 2.19. The Balaban J connectivity index is 1.85. The second-order valence-corrected chi connectivity index (χ2v) is 5.77. The van der Waals surface area contributed by atoms with Crippen molar-refractivity contribution in [3.05, 3.63) is 34.5 Å². The van der Waals surface area contributed by atoms with Crippen LogP contribution in [0.15, 0.2) is 18.2 Å². The van der Waals surface area contributed by atoms with Crippen LogP contribution < -0.4 is 10.6 Å². The number of aromatic nitrogens is 1. The van der Waals surface area contributed by atoms with Crippen LogP contribution in [0.3, 0.4) is 0 Å². The molecule has 1 fully saturated rings. The number of nitrogens with one attached hydrogen (secondary N) is 3. The van der Waals surface area contributed by atoms with Gasteiger partial charge in [0.25, 0.3) is 5.91 Å². The molecule has 1 aromatic carbocycles. The van der Waals surface area contributed by atoms with Gasteiger partial charge in [-0.1, -0.05) is 11.6 Å². The fourth-order valence-corrected chi connectivity index (χ4v) is 2.93. The Morgan fingerprint density at radius 1 is 1.45 bits per heavy atom.